The second-order valence-corrected chi connectivity index (χ2v) is 8.64. The third-order valence-corrected chi connectivity index (χ3v) is 6.47. The average Bonchev–Trinajstić information content (AvgIpc) is 2.84. The van der Waals surface area contributed by atoms with Gasteiger partial charge in [0.2, 0.25) is 5.91 Å². The number of rotatable bonds is 5. The van der Waals surface area contributed by atoms with Crippen molar-refractivity contribution in [2.75, 3.05) is 20.1 Å². The summed E-state index contributed by atoms with van der Waals surface area (Å²) in [4.78, 5) is 31.6. The first-order valence-corrected chi connectivity index (χ1v) is 11.1. The number of nitrogens with one attached hydrogen (secondary N) is 1. The molecule has 3 aromatic rings. The Morgan fingerprint density at radius 1 is 1.00 bits per heavy atom. The minimum absolute atomic E-state index is 0.0221. The summed E-state index contributed by atoms with van der Waals surface area (Å²) in [7, 11) is 1.69. The Bertz CT molecular complexity index is 1090. The van der Waals surface area contributed by atoms with Crippen molar-refractivity contribution < 1.29 is 9.59 Å². The highest BCUT2D eigenvalue weighted by Gasteiger charge is 2.41. The topological polar surface area (TPSA) is 62.3 Å². The highest BCUT2D eigenvalue weighted by molar-refractivity contribution is 5.94. The third-order valence-electron chi connectivity index (χ3n) is 6.47. The quantitative estimate of drug-likeness (QED) is 0.662. The zero-order valence-electron chi connectivity index (χ0n) is 18.7. The van der Waals surface area contributed by atoms with Gasteiger partial charge in [-0.25, -0.2) is 0 Å². The van der Waals surface area contributed by atoms with Crippen LogP contribution in [0.25, 0.3) is 11.1 Å². The molecule has 0 radical (unpaired) electrons. The molecule has 2 aromatic carbocycles. The van der Waals surface area contributed by atoms with Crippen molar-refractivity contribution in [1.29, 1.82) is 0 Å². The molecule has 1 aliphatic heterocycles. The van der Waals surface area contributed by atoms with Crippen LogP contribution in [-0.2, 0) is 11.2 Å². The predicted octanol–water partition coefficient (Wildman–Crippen LogP) is 4.27. The van der Waals surface area contributed by atoms with Crippen molar-refractivity contribution in [3.8, 4) is 11.1 Å². The van der Waals surface area contributed by atoms with Gasteiger partial charge in [-0.1, -0.05) is 54.1 Å². The van der Waals surface area contributed by atoms with Crippen LogP contribution in [-0.4, -0.2) is 41.8 Å². The normalized spacial score (nSPS) is 15.2. The molecule has 1 N–H and O–H groups in total. The first kappa shape index (κ1) is 21.8. The third kappa shape index (κ3) is 4.57. The van der Waals surface area contributed by atoms with Gasteiger partial charge >= 0.3 is 0 Å². The Balaban J connectivity index is 1.48. The molecule has 2 heterocycles. The number of nitrogens with zero attached hydrogens (tertiary/aromatic N) is 2. The van der Waals surface area contributed by atoms with Gasteiger partial charge in [-0.3, -0.25) is 14.6 Å². The molecule has 1 aromatic heterocycles. The van der Waals surface area contributed by atoms with E-state index in [4.69, 9.17) is 0 Å². The lowest BCUT2D eigenvalue weighted by Crippen LogP contribution is -2.50. The van der Waals surface area contributed by atoms with Crippen LogP contribution in [0.3, 0.4) is 0 Å². The predicted molar refractivity (Wildman–Crippen MR) is 126 cm³/mol. The Morgan fingerprint density at radius 3 is 2.38 bits per heavy atom. The van der Waals surface area contributed by atoms with E-state index in [2.05, 4.69) is 65.8 Å². The number of piperidine rings is 1. The molecule has 5 heteroatoms. The van der Waals surface area contributed by atoms with Crippen LogP contribution in [0.4, 0.5) is 0 Å². The fraction of sp³-hybridized carbons (Fsp3) is 0.296. The van der Waals surface area contributed by atoms with Gasteiger partial charge in [0, 0.05) is 32.5 Å². The molecule has 32 heavy (non-hydrogen) atoms. The fourth-order valence-corrected chi connectivity index (χ4v) is 4.59. The average molecular weight is 428 g/mol. The molecule has 0 atom stereocenters. The van der Waals surface area contributed by atoms with E-state index in [1.807, 2.05) is 4.90 Å². The van der Waals surface area contributed by atoms with Gasteiger partial charge in [-0.15, -0.1) is 0 Å². The maximum absolute atomic E-state index is 12.9. The van der Waals surface area contributed by atoms with Crippen LogP contribution >= 0.6 is 0 Å². The largest absolute Gasteiger partial charge is 0.359 e. The highest BCUT2D eigenvalue weighted by Crippen LogP contribution is 2.36. The highest BCUT2D eigenvalue weighted by atomic mass is 16.2. The zero-order chi connectivity index (χ0) is 22.6. The van der Waals surface area contributed by atoms with Crippen molar-refractivity contribution in [3.05, 3.63) is 89.7 Å². The Hall–Kier alpha value is -3.47. The molecule has 0 aliphatic carbocycles. The van der Waals surface area contributed by atoms with Crippen LogP contribution in [0.15, 0.2) is 73.1 Å². The van der Waals surface area contributed by atoms with Gasteiger partial charge in [0.05, 0.1) is 11.0 Å². The van der Waals surface area contributed by atoms with Gasteiger partial charge in [0.25, 0.3) is 5.91 Å². The second kappa shape index (κ2) is 9.35. The van der Waals surface area contributed by atoms with Gasteiger partial charge in [0.15, 0.2) is 0 Å². The van der Waals surface area contributed by atoms with E-state index >= 15 is 0 Å². The maximum atomic E-state index is 12.9. The minimum atomic E-state index is -0.509. The summed E-state index contributed by atoms with van der Waals surface area (Å²) < 4.78 is 0. The summed E-state index contributed by atoms with van der Waals surface area (Å²) in [5, 5.41) is 2.86. The number of amides is 2. The summed E-state index contributed by atoms with van der Waals surface area (Å²) in [5.41, 5.74) is 4.82. The first-order valence-electron chi connectivity index (χ1n) is 11.1. The van der Waals surface area contributed by atoms with Crippen LogP contribution in [0.2, 0.25) is 0 Å². The molecule has 164 valence electrons. The van der Waals surface area contributed by atoms with E-state index in [-0.39, 0.29) is 11.8 Å². The summed E-state index contributed by atoms with van der Waals surface area (Å²) in [6.07, 6.45) is 5.19. The number of hydrogen-bond acceptors (Lipinski definition) is 3. The number of carbonyl (C=O) groups is 2. The van der Waals surface area contributed by atoms with Crippen LogP contribution < -0.4 is 5.32 Å². The van der Waals surface area contributed by atoms with Gasteiger partial charge in [0.1, 0.15) is 0 Å². The molecule has 1 fully saturated rings. The Morgan fingerprint density at radius 2 is 1.75 bits per heavy atom. The number of benzene rings is 2. The lowest BCUT2D eigenvalue weighted by atomic mass is 9.72. The van der Waals surface area contributed by atoms with Gasteiger partial charge < -0.3 is 10.2 Å². The molecule has 1 aliphatic rings. The summed E-state index contributed by atoms with van der Waals surface area (Å²) in [6, 6.07) is 20.5. The standard InChI is InChI=1S/C27H29N3O2/c1-20-5-3-6-23(17-20)22-10-8-21(9-11-22)18-27(26(32)28-2)12-15-30(16-13-27)25(31)24-7-4-14-29-19-24/h3-11,14,17,19H,12-13,15-16,18H2,1-2H3,(H,28,32). The number of hydrogen-bond donors (Lipinski definition) is 1. The monoisotopic (exact) mass is 427 g/mol. The van der Waals surface area contributed by atoms with E-state index in [0.717, 1.165) is 5.56 Å². The van der Waals surface area contributed by atoms with E-state index in [9.17, 15) is 9.59 Å². The lowest BCUT2D eigenvalue weighted by Gasteiger charge is -2.40. The number of pyridine rings is 1. The number of carbonyl (C=O) groups excluding carboxylic acids is 2. The van der Waals surface area contributed by atoms with Crippen molar-refractivity contribution in [1.82, 2.24) is 15.2 Å². The van der Waals surface area contributed by atoms with Crippen LogP contribution in [0.1, 0.15) is 34.3 Å². The van der Waals surface area contributed by atoms with Crippen molar-refractivity contribution in [2.24, 2.45) is 5.41 Å². The Labute approximate surface area is 189 Å². The number of aryl methyl sites for hydroxylation is 1. The molecule has 0 spiro atoms. The van der Waals surface area contributed by atoms with E-state index in [1.165, 1.54) is 16.7 Å². The smallest absolute Gasteiger partial charge is 0.255 e. The van der Waals surface area contributed by atoms with E-state index in [1.54, 1.807) is 31.6 Å². The fourth-order valence-electron chi connectivity index (χ4n) is 4.59. The van der Waals surface area contributed by atoms with Crippen molar-refractivity contribution in [3.63, 3.8) is 0 Å². The molecule has 0 bridgehead atoms. The molecule has 0 unspecified atom stereocenters. The summed E-state index contributed by atoms with van der Waals surface area (Å²) >= 11 is 0. The van der Waals surface area contributed by atoms with Crippen LogP contribution in [0.5, 0.6) is 0 Å². The molecule has 2 amide bonds. The Kier molecular flexibility index (Phi) is 6.35. The molecular formula is C27H29N3O2. The summed E-state index contributed by atoms with van der Waals surface area (Å²) in [6.45, 7) is 3.21. The lowest BCUT2D eigenvalue weighted by molar-refractivity contribution is -0.133. The summed E-state index contributed by atoms with van der Waals surface area (Å²) in [5.74, 6) is 0.0276. The maximum Gasteiger partial charge on any atom is 0.255 e. The molecule has 0 saturated carbocycles. The minimum Gasteiger partial charge on any atom is -0.359 e. The van der Waals surface area contributed by atoms with Gasteiger partial charge in [-0.2, -0.15) is 0 Å². The number of aromatic nitrogens is 1. The van der Waals surface area contributed by atoms with E-state index in [0.29, 0.717) is 37.9 Å². The van der Waals surface area contributed by atoms with Gasteiger partial charge in [-0.05, 0) is 55.0 Å². The van der Waals surface area contributed by atoms with Crippen LogP contribution in [0, 0.1) is 12.3 Å². The number of likely N-dealkylation sites (tertiary alicyclic amines) is 1. The molecule has 1 saturated heterocycles. The molecule has 4 rings (SSSR count). The van der Waals surface area contributed by atoms with Crippen molar-refractivity contribution in [2.45, 2.75) is 26.2 Å². The first-order chi connectivity index (χ1) is 15.5. The SMILES string of the molecule is CNC(=O)C1(Cc2ccc(-c3cccc(C)c3)cc2)CCN(C(=O)c2cccnc2)CC1. The molecular weight excluding hydrogens is 398 g/mol. The van der Waals surface area contributed by atoms with Crippen molar-refractivity contribution >= 4 is 11.8 Å². The molecule has 5 nitrogen and oxygen atoms in total. The zero-order valence-corrected chi connectivity index (χ0v) is 18.7. The van der Waals surface area contributed by atoms with E-state index < -0.39 is 5.41 Å². The second-order valence-electron chi connectivity index (χ2n) is 8.64.